The molecule has 1 saturated heterocycles. The molecule has 6 heteroatoms. The average molecular weight is 377 g/mol. The van der Waals surface area contributed by atoms with Crippen LogP contribution >= 0.6 is 0 Å². The van der Waals surface area contributed by atoms with Crippen molar-refractivity contribution in [2.75, 3.05) is 19.6 Å². The van der Waals surface area contributed by atoms with Crippen LogP contribution in [0.15, 0.2) is 61.1 Å². The number of piperidine rings is 1. The second-order valence-corrected chi connectivity index (χ2v) is 7.36. The fourth-order valence-corrected chi connectivity index (χ4v) is 3.88. The summed E-state index contributed by atoms with van der Waals surface area (Å²) in [6.07, 6.45) is 9.32. The predicted octanol–water partition coefficient (Wildman–Crippen LogP) is 3.27. The van der Waals surface area contributed by atoms with Crippen molar-refractivity contribution in [2.24, 2.45) is 0 Å². The van der Waals surface area contributed by atoms with E-state index in [0.29, 0.717) is 18.2 Å². The van der Waals surface area contributed by atoms with Crippen LogP contribution in [0.4, 0.5) is 0 Å². The molecule has 6 nitrogen and oxygen atoms in total. The van der Waals surface area contributed by atoms with Crippen molar-refractivity contribution in [1.29, 1.82) is 0 Å². The maximum Gasteiger partial charge on any atom is 0.256 e. The molecule has 146 valence electrons. The van der Waals surface area contributed by atoms with E-state index >= 15 is 0 Å². The normalized spacial score (nSPS) is 17.5. The lowest BCUT2D eigenvalue weighted by molar-refractivity contribution is 0.0938. The lowest BCUT2D eigenvalue weighted by Gasteiger charge is -2.33. The number of aromatic nitrogens is 3. The van der Waals surface area contributed by atoms with E-state index in [9.17, 15) is 4.79 Å². The summed E-state index contributed by atoms with van der Waals surface area (Å²) in [4.78, 5) is 15.4. The summed E-state index contributed by atoms with van der Waals surface area (Å²) in [7, 11) is 0. The number of hydrogen-bond acceptors (Lipinski definition) is 3. The van der Waals surface area contributed by atoms with Gasteiger partial charge >= 0.3 is 0 Å². The van der Waals surface area contributed by atoms with Gasteiger partial charge in [0.25, 0.3) is 5.91 Å². The number of benzene rings is 1. The zero-order chi connectivity index (χ0) is 19.3. The van der Waals surface area contributed by atoms with Crippen LogP contribution in [0, 0.1) is 0 Å². The molecule has 1 fully saturated rings. The number of rotatable bonds is 6. The second-order valence-electron chi connectivity index (χ2n) is 7.36. The molecule has 1 aromatic carbocycles. The van der Waals surface area contributed by atoms with Crippen molar-refractivity contribution in [3.8, 4) is 11.5 Å². The summed E-state index contributed by atoms with van der Waals surface area (Å²) < 4.78 is 3.74. The standard InChI is InChI=1S/C22H27N5O/c1-18-9-5-6-13-25(18)16-12-23-21(28)20-17-24-27(19-10-3-2-4-11-19)22(20)26-14-7-8-15-26/h2-4,7-8,10-11,14-15,17-18H,5-6,9,12-13,16H2,1H3,(H,23,28). The van der Waals surface area contributed by atoms with Crippen LogP contribution in [0.5, 0.6) is 0 Å². The zero-order valence-electron chi connectivity index (χ0n) is 16.3. The molecule has 0 radical (unpaired) electrons. The van der Waals surface area contributed by atoms with Gasteiger partial charge in [-0.15, -0.1) is 0 Å². The van der Waals surface area contributed by atoms with Gasteiger partial charge in [-0.05, 0) is 50.6 Å². The minimum absolute atomic E-state index is 0.0875. The van der Waals surface area contributed by atoms with E-state index in [4.69, 9.17) is 0 Å². The number of nitrogens with one attached hydrogen (secondary N) is 1. The number of para-hydroxylation sites is 1. The predicted molar refractivity (Wildman–Crippen MR) is 110 cm³/mol. The van der Waals surface area contributed by atoms with Gasteiger partial charge in [0.15, 0.2) is 5.82 Å². The van der Waals surface area contributed by atoms with Crippen molar-refractivity contribution >= 4 is 5.91 Å². The number of hydrogen-bond donors (Lipinski definition) is 1. The molecule has 0 spiro atoms. The highest BCUT2D eigenvalue weighted by molar-refractivity contribution is 5.97. The number of carbonyl (C=O) groups excluding carboxylic acids is 1. The fraction of sp³-hybridized carbons (Fsp3) is 0.364. The number of likely N-dealkylation sites (tertiary alicyclic amines) is 1. The lowest BCUT2D eigenvalue weighted by Crippen LogP contribution is -2.42. The maximum absolute atomic E-state index is 12.9. The van der Waals surface area contributed by atoms with Gasteiger partial charge < -0.3 is 9.88 Å². The molecule has 2 aromatic heterocycles. The van der Waals surface area contributed by atoms with E-state index in [1.165, 1.54) is 19.3 Å². The molecule has 1 aliphatic heterocycles. The van der Waals surface area contributed by atoms with Crippen LogP contribution in [0.3, 0.4) is 0 Å². The van der Waals surface area contributed by atoms with Gasteiger partial charge in [0.1, 0.15) is 5.56 Å². The summed E-state index contributed by atoms with van der Waals surface area (Å²) in [5, 5.41) is 7.58. The van der Waals surface area contributed by atoms with Gasteiger partial charge in [-0.1, -0.05) is 24.6 Å². The first-order valence-corrected chi connectivity index (χ1v) is 10.0. The smallest absolute Gasteiger partial charge is 0.256 e. The van der Waals surface area contributed by atoms with Crippen molar-refractivity contribution < 1.29 is 4.79 Å². The first-order chi connectivity index (χ1) is 13.7. The number of amides is 1. The Morgan fingerprint density at radius 3 is 2.68 bits per heavy atom. The van der Waals surface area contributed by atoms with Crippen LogP contribution in [0.2, 0.25) is 0 Å². The van der Waals surface area contributed by atoms with Gasteiger partial charge in [-0.2, -0.15) is 5.10 Å². The van der Waals surface area contributed by atoms with E-state index in [1.54, 1.807) is 6.20 Å². The topological polar surface area (TPSA) is 55.1 Å². The highest BCUT2D eigenvalue weighted by Gasteiger charge is 2.21. The molecule has 0 bridgehead atoms. The van der Waals surface area contributed by atoms with Gasteiger partial charge in [-0.3, -0.25) is 9.69 Å². The highest BCUT2D eigenvalue weighted by Crippen LogP contribution is 2.20. The van der Waals surface area contributed by atoms with Gasteiger partial charge in [0.2, 0.25) is 0 Å². The summed E-state index contributed by atoms with van der Waals surface area (Å²) in [5.74, 6) is 0.663. The molecule has 1 amide bonds. The summed E-state index contributed by atoms with van der Waals surface area (Å²) >= 11 is 0. The van der Waals surface area contributed by atoms with Gasteiger partial charge in [-0.25, -0.2) is 4.68 Å². The first kappa shape index (κ1) is 18.5. The van der Waals surface area contributed by atoms with E-state index in [0.717, 1.165) is 24.6 Å². The lowest BCUT2D eigenvalue weighted by atomic mass is 10.0. The Bertz CT molecular complexity index is 900. The third-order valence-electron chi connectivity index (χ3n) is 5.46. The van der Waals surface area contributed by atoms with Gasteiger partial charge in [0.05, 0.1) is 11.9 Å². The van der Waals surface area contributed by atoms with E-state index < -0.39 is 0 Å². The SMILES string of the molecule is CC1CCCCN1CCNC(=O)c1cnn(-c2ccccc2)c1-n1cccc1. The average Bonchev–Trinajstić information content (AvgIpc) is 3.39. The Kier molecular flexibility index (Phi) is 5.58. The van der Waals surface area contributed by atoms with Crippen molar-refractivity contribution in [1.82, 2.24) is 24.6 Å². The third-order valence-corrected chi connectivity index (χ3v) is 5.46. The Balaban J connectivity index is 1.52. The third kappa shape index (κ3) is 3.87. The van der Waals surface area contributed by atoms with Crippen LogP contribution in [-0.4, -0.2) is 50.8 Å². The van der Waals surface area contributed by atoms with Crippen molar-refractivity contribution in [3.05, 3.63) is 66.6 Å². The van der Waals surface area contributed by atoms with Crippen molar-refractivity contribution in [2.45, 2.75) is 32.2 Å². The minimum atomic E-state index is -0.0875. The Morgan fingerprint density at radius 1 is 1.14 bits per heavy atom. The first-order valence-electron chi connectivity index (χ1n) is 10.0. The number of nitrogens with zero attached hydrogens (tertiary/aromatic N) is 4. The monoisotopic (exact) mass is 377 g/mol. The molecule has 0 saturated carbocycles. The minimum Gasteiger partial charge on any atom is -0.351 e. The zero-order valence-corrected chi connectivity index (χ0v) is 16.3. The Hall–Kier alpha value is -2.86. The maximum atomic E-state index is 12.9. The fourth-order valence-electron chi connectivity index (χ4n) is 3.88. The Morgan fingerprint density at radius 2 is 1.93 bits per heavy atom. The quantitative estimate of drug-likeness (QED) is 0.717. The molecule has 1 aliphatic rings. The molecule has 3 heterocycles. The van der Waals surface area contributed by atoms with Crippen LogP contribution in [-0.2, 0) is 0 Å². The van der Waals surface area contributed by atoms with Crippen LogP contribution in [0.25, 0.3) is 11.5 Å². The molecule has 0 aliphatic carbocycles. The van der Waals surface area contributed by atoms with Crippen LogP contribution < -0.4 is 5.32 Å². The summed E-state index contributed by atoms with van der Waals surface area (Å²) in [6, 6.07) is 14.4. The van der Waals surface area contributed by atoms with Crippen molar-refractivity contribution in [3.63, 3.8) is 0 Å². The molecule has 1 atom stereocenters. The van der Waals surface area contributed by atoms with E-state index in [-0.39, 0.29) is 5.91 Å². The molecule has 4 rings (SSSR count). The molecular formula is C22H27N5O. The Labute approximate surface area is 165 Å². The van der Waals surface area contributed by atoms with Gasteiger partial charge in [0, 0.05) is 31.5 Å². The highest BCUT2D eigenvalue weighted by atomic mass is 16.1. The molecule has 1 unspecified atom stereocenters. The summed E-state index contributed by atoms with van der Waals surface area (Å²) in [5.41, 5.74) is 1.50. The molecule has 3 aromatic rings. The van der Waals surface area contributed by atoms with E-state index in [1.807, 2.05) is 64.1 Å². The largest absolute Gasteiger partial charge is 0.351 e. The van der Waals surface area contributed by atoms with Crippen LogP contribution in [0.1, 0.15) is 36.5 Å². The van der Waals surface area contributed by atoms with E-state index in [2.05, 4.69) is 22.2 Å². The molecular weight excluding hydrogens is 350 g/mol. The molecule has 28 heavy (non-hydrogen) atoms. The summed E-state index contributed by atoms with van der Waals surface area (Å²) in [6.45, 7) is 4.93. The second kappa shape index (κ2) is 8.44. The number of carbonyl (C=O) groups is 1. The molecule has 1 N–H and O–H groups in total.